The van der Waals surface area contributed by atoms with Crippen LogP contribution in [0.4, 0.5) is 5.69 Å². The SMILES string of the molecule is Cc1ccc(C(=O)Nc2ccc3c(c2)CCO3)c(Br)c1. The van der Waals surface area contributed by atoms with Crippen molar-refractivity contribution in [1.29, 1.82) is 0 Å². The number of fused-ring (bicyclic) bond motifs is 1. The molecule has 0 saturated heterocycles. The van der Waals surface area contributed by atoms with Gasteiger partial charge in [-0.2, -0.15) is 0 Å². The summed E-state index contributed by atoms with van der Waals surface area (Å²) in [5.41, 5.74) is 3.69. The number of aryl methyl sites for hydroxylation is 1. The Kier molecular flexibility index (Phi) is 3.49. The minimum atomic E-state index is -0.115. The maximum atomic E-state index is 12.3. The Hall–Kier alpha value is -1.81. The number of nitrogens with one attached hydrogen (secondary N) is 1. The molecule has 1 aliphatic heterocycles. The lowest BCUT2D eigenvalue weighted by molar-refractivity contribution is 0.102. The van der Waals surface area contributed by atoms with Crippen molar-refractivity contribution in [3.8, 4) is 5.75 Å². The average molecular weight is 332 g/mol. The number of ether oxygens (including phenoxy) is 1. The van der Waals surface area contributed by atoms with Gasteiger partial charge in [-0.25, -0.2) is 0 Å². The van der Waals surface area contributed by atoms with Crippen LogP contribution in [0.15, 0.2) is 40.9 Å². The van der Waals surface area contributed by atoms with Gasteiger partial charge in [-0.15, -0.1) is 0 Å². The second-order valence-electron chi connectivity index (χ2n) is 4.86. The fraction of sp³-hybridized carbons (Fsp3) is 0.188. The van der Waals surface area contributed by atoms with Gasteiger partial charge in [0.05, 0.1) is 12.2 Å². The first-order valence-corrected chi connectivity index (χ1v) is 7.26. The third-order valence-electron chi connectivity index (χ3n) is 3.32. The van der Waals surface area contributed by atoms with Gasteiger partial charge in [0, 0.05) is 16.6 Å². The molecule has 3 rings (SSSR count). The highest BCUT2D eigenvalue weighted by molar-refractivity contribution is 9.10. The molecule has 1 aliphatic rings. The van der Waals surface area contributed by atoms with E-state index in [0.717, 1.165) is 40.1 Å². The highest BCUT2D eigenvalue weighted by atomic mass is 79.9. The normalized spacial score (nSPS) is 12.7. The van der Waals surface area contributed by atoms with Crippen LogP contribution in [0.5, 0.6) is 5.75 Å². The Bertz CT molecular complexity index is 682. The number of benzene rings is 2. The lowest BCUT2D eigenvalue weighted by atomic mass is 10.1. The van der Waals surface area contributed by atoms with Gasteiger partial charge in [0.1, 0.15) is 5.75 Å². The first-order valence-electron chi connectivity index (χ1n) is 6.47. The van der Waals surface area contributed by atoms with E-state index in [1.165, 1.54) is 0 Å². The minimum absolute atomic E-state index is 0.115. The van der Waals surface area contributed by atoms with Crippen molar-refractivity contribution in [3.63, 3.8) is 0 Å². The zero-order valence-electron chi connectivity index (χ0n) is 11.1. The van der Waals surface area contributed by atoms with E-state index in [1.54, 1.807) is 0 Å². The Morgan fingerprint density at radius 2 is 2.10 bits per heavy atom. The van der Waals surface area contributed by atoms with Crippen LogP contribution in [0.25, 0.3) is 0 Å². The van der Waals surface area contributed by atoms with Crippen LogP contribution in [0.1, 0.15) is 21.5 Å². The van der Waals surface area contributed by atoms with Crippen molar-refractivity contribution in [2.75, 3.05) is 11.9 Å². The fourth-order valence-corrected chi connectivity index (χ4v) is 2.94. The molecule has 1 heterocycles. The molecule has 20 heavy (non-hydrogen) atoms. The van der Waals surface area contributed by atoms with Gasteiger partial charge in [0.2, 0.25) is 0 Å². The number of halogens is 1. The molecule has 0 aromatic heterocycles. The van der Waals surface area contributed by atoms with Gasteiger partial charge in [-0.05, 0) is 64.3 Å². The Morgan fingerprint density at radius 3 is 2.90 bits per heavy atom. The van der Waals surface area contributed by atoms with E-state index in [4.69, 9.17) is 4.74 Å². The predicted molar refractivity (Wildman–Crippen MR) is 82.5 cm³/mol. The second-order valence-corrected chi connectivity index (χ2v) is 5.71. The van der Waals surface area contributed by atoms with Crippen LogP contribution in [-0.4, -0.2) is 12.5 Å². The van der Waals surface area contributed by atoms with Crippen LogP contribution in [-0.2, 0) is 6.42 Å². The number of hydrogen-bond acceptors (Lipinski definition) is 2. The maximum absolute atomic E-state index is 12.3. The maximum Gasteiger partial charge on any atom is 0.256 e. The van der Waals surface area contributed by atoms with Crippen molar-refractivity contribution < 1.29 is 9.53 Å². The van der Waals surface area contributed by atoms with E-state index >= 15 is 0 Å². The van der Waals surface area contributed by atoms with Gasteiger partial charge in [-0.3, -0.25) is 4.79 Å². The largest absolute Gasteiger partial charge is 0.493 e. The minimum Gasteiger partial charge on any atom is -0.493 e. The number of hydrogen-bond donors (Lipinski definition) is 1. The van der Waals surface area contributed by atoms with E-state index in [0.29, 0.717) is 5.56 Å². The molecule has 0 radical (unpaired) electrons. The Morgan fingerprint density at radius 1 is 1.25 bits per heavy atom. The molecule has 102 valence electrons. The number of rotatable bonds is 2. The first kappa shape index (κ1) is 13.2. The topological polar surface area (TPSA) is 38.3 Å². The summed E-state index contributed by atoms with van der Waals surface area (Å²) in [5.74, 6) is 0.801. The molecule has 1 N–H and O–H groups in total. The van der Waals surface area contributed by atoms with Gasteiger partial charge < -0.3 is 10.1 Å². The highest BCUT2D eigenvalue weighted by Gasteiger charge is 2.14. The first-order chi connectivity index (χ1) is 9.63. The highest BCUT2D eigenvalue weighted by Crippen LogP contribution is 2.28. The van der Waals surface area contributed by atoms with Crippen molar-refractivity contribution in [2.45, 2.75) is 13.3 Å². The lowest BCUT2D eigenvalue weighted by Crippen LogP contribution is -2.12. The number of amides is 1. The molecule has 2 aromatic carbocycles. The number of carbonyl (C=O) groups is 1. The van der Waals surface area contributed by atoms with Crippen LogP contribution in [0, 0.1) is 6.92 Å². The fourth-order valence-electron chi connectivity index (χ4n) is 2.27. The molecule has 0 aliphatic carbocycles. The summed E-state index contributed by atoms with van der Waals surface area (Å²) < 4.78 is 6.26. The average Bonchev–Trinajstić information content (AvgIpc) is 2.85. The van der Waals surface area contributed by atoms with Gasteiger partial charge >= 0.3 is 0 Å². The van der Waals surface area contributed by atoms with Crippen LogP contribution in [0.2, 0.25) is 0 Å². The summed E-state index contributed by atoms with van der Waals surface area (Å²) in [6.07, 6.45) is 0.896. The molecule has 0 saturated carbocycles. The van der Waals surface area contributed by atoms with Crippen LogP contribution >= 0.6 is 15.9 Å². The molecular weight excluding hydrogens is 318 g/mol. The Balaban J connectivity index is 1.82. The molecule has 0 unspecified atom stereocenters. The van der Waals surface area contributed by atoms with Crippen molar-refractivity contribution in [1.82, 2.24) is 0 Å². The number of anilines is 1. The molecule has 0 atom stereocenters. The van der Waals surface area contributed by atoms with E-state index in [2.05, 4.69) is 21.2 Å². The second kappa shape index (κ2) is 5.29. The van der Waals surface area contributed by atoms with E-state index in [1.807, 2.05) is 43.3 Å². The van der Waals surface area contributed by atoms with E-state index < -0.39 is 0 Å². The lowest BCUT2D eigenvalue weighted by Gasteiger charge is -2.08. The summed E-state index contributed by atoms with van der Waals surface area (Å²) in [5, 5.41) is 2.92. The van der Waals surface area contributed by atoms with Crippen molar-refractivity contribution in [2.24, 2.45) is 0 Å². The van der Waals surface area contributed by atoms with E-state index in [9.17, 15) is 4.79 Å². The molecular formula is C16H14BrNO2. The molecule has 0 spiro atoms. The Labute approximate surface area is 126 Å². The van der Waals surface area contributed by atoms with Crippen molar-refractivity contribution >= 4 is 27.5 Å². The van der Waals surface area contributed by atoms with Crippen LogP contribution < -0.4 is 10.1 Å². The molecule has 3 nitrogen and oxygen atoms in total. The van der Waals surface area contributed by atoms with Gasteiger partial charge in [0.25, 0.3) is 5.91 Å². The summed E-state index contributed by atoms with van der Waals surface area (Å²) in [6.45, 7) is 2.71. The monoisotopic (exact) mass is 331 g/mol. The predicted octanol–water partition coefficient (Wildman–Crippen LogP) is 3.94. The molecule has 1 amide bonds. The number of carbonyl (C=O) groups excluding carboxylic acids is 1. The summed E-state index contributed by atoms with van der Waals surface area (Å²) >= 11 is 3.43. The quantitative estimate of drug-likeness (QED) is 0.904. The molecule has 0 fully saturated rings. The molecule has 4 heteroatoms. The van der Waals surface area contributed by atoms with Gasteiger partial charge in [-0.1, -0.05) is 6.07 Å². The third-order valence-corrected chi connectivity index (χ3v) is 3.97. The summed E-state index contributed by atoms with van der Waals surface area (Å²) in [4.78, 5) is 12.3. The van der Waals surface area contributed by atoms with Crippen molar-refractivity contribution in [3.05, 3.63) is 57.6 Å². The van der Waals surface area contributed by atoms with E-state index in [-0.39, 0.29) is 5.91 Å². The molecule has 0 bridgehead atoms. The summed E-state index contributed by atoms with van der Waals surface area (Å²) in [7, 11) is 0. The standard InChI is InChI=1S/C16H14BrNO2/c1-10-2-4-13(14(17)8-10)16(19)18-12-3-5-15-11(9-12)6-7-20-15/h2-5,8-9H,6-7H2,1H3,(H,18,19). The zero-order chi connectivity index (χ0) is 14.1. The zero-order valence-corrected chi connectivity index (χ0v) is 12.7. The summed E-state index contributed by atoms with van der Waals surface area (Å²) in [6, 6.07) is 11.4. The third kappa shape index (κ3) is 2.56. The molecule has 2 aromatic rings. The van der Waals surface area contributed by atoms with Gasteiger partial charge in [0.15, 0.2) is 0 Å². The smallest absolute Gasteiger partial charge is 0.256 e. The van der Waals surface area contributed by atoms with Crippen LogP contribution in [0.3, 0.4) is 0 Å².